The molecule has 0 radical (unpaired) electrons. The Kier molecular flexibility index (Phi) is 4.53. The minimum Gasteiger partial charge on any atom is -0.490 e. The fourth-order valence-electron chi connectivity index (χ4n) is 1.77. The molecule has 0 aliphatic carbocycles. The fraction of sp³-hybridized carbons (Fsp3) is 0.333. The Bertz CT molecular complexity index is 517. The highest BCUT2D eigenvalue weighted by molar-refractivity contribution is 7.09. The summed E-state index contributed by atoms with van der Waals surface area (Å²) < 4.78 is 5.32. The molecule has 2 rings (SSSR count). The predicted molar refractivity (Wildman–Crippen MR) is 77.7 cm³/mol. The van der Waals surface area contributed by atoms with Crippen LogP contribution in [0.3, 0.4) is 0 Å². The van der Waals surface area contributed by atoms with Crippen LogP contribution in [0.4, 0.5) is 11.6 Å². The highest BCUT2D eigenvalue weighted by Gasteiger charge is 2.15. The Morgan fingerprint density at radius 1 is 1.47 bits per heavy atom. The molecule has 0 amide bonds. The SMILES string of the molecule is COc1c(NN)ncnc1N(C)CCc1cccs1. The van der Waals surface area contributed by atoms with E-state index >= 15 is 0 Å². The summed E-state index contributed by atoms with van der Waals surface area (Å²) in [4.78, 5) is 11.7. The van der Waals surface area contributed by atoms with E-state index < -0.39 is 0 Å². The highest BCUT2D eigenvalue weighted by Crippen LogP contribution is 2.30. The van der Waals surface area contributed by atoms with E-state index in [0.29, 0.717) is 11.6 Å². The first-order valence-corrected chi connectivity index (χ1v) is 6.73. The molecule has 0 aliphatic rings. The Morgan fingerprint density at radius 2 is 2.32 bits per heavy atom. The molecule has 2 aromatic rings. The minimum atomic E-state index is 0.482. The normalized spacial score (nSPS) is 10.3. The van der Waals surface area contributed by atoms with Crippen molar-refractivity contribution in [3.63, 3.8) is 0 Å². The van der Waals surface area contributed by atoms with Crippen molar-refractivity contribution < 1.29 is 4.74 Å². The lowest BCUT2D eigenvalue weighted by Crippen LogP contribution is -2.23. The van der Waals surface area contributed by atoms with Gasteiger partial charge in [-0.2, -0.15) is 0 Å². The second-order valence-electron chi connectivity index (χ2n) is 3.97. The number of nitrogens with one attached hydrogen (secondary N) is 1. The molecule has 2 heterocycles. The van der Waals surface area contributed by atoms with E-state index in [-0.39, 0.29) is 0 Å². The van der Waals surface area contributed by atoms with Gasteiger partial charge in [-0.05, 0) is 17.9 Å². The van der Waals surface area contributed by atoms with Crippen LogP contribution in [-0.2, 0) is 6.42 Å². The zero-order valence-electron chi connectivity index (χ0n) is 11.0. The van der Waals surface area contributed by atoms with Crippen LogP contribution in [0, 0.1) is 0 Å². The number of nitrogen functional groups attached to an aromatic ring is 1. The highest BCUT2D eigenvalue weighted by atomic mass is 32.1. The van der Waals surface area contributed by atoms with Gasteiger partial charge in [-0.1, -0.05) is 6.07 Å². The summed E-state index contributed by atoms with van der Waals surface area (Å²) in [6, 6.07) is 4.18. The van der Waals surface area contributed by atoms with Crippen molar-refractivity contribution >= 4 is 23.0 Å². The predicted octanol–water partition coefficient (Wildman–Crippen LogP) is 1.51. The fourth-order valence-corrected chi connectivity index (χ4v) is 2.46. The molecule has 0 unspecified atom stereocenters. The Morgan fingerprint density at radius 3 is 2.95 bits per heavy atom. The second-order valence-corrected chi connectivity index (χ2v) is 5.01. The molecular formula is C12H17N5OS. The number of ether oxygens (including phenoxy) is 1. The Hall–Kier alpha value is -1.86. The van der Waals surface area contributed by atoms with E-state index in [1.165, 1.54) is 11.2 Å². The van der Waals surface area contributed by atoms with Crippen LogP contribution >= 0.6 is 11.3 Å². The number of methoxy groups -OCH3 is 1. The smallest absolute Gasteiger partial charge is 0.205 e. The number of hydrogen-bond donors (Lipinski definition) is 2. The average Bonchev–Trinajstić information content (AvgIpc) is 2.97. The quantitative estimate of drug-likeness (QED) is 0.616. The monoisotopic (exact) mass is 279 g/mol. The molecule has 0 aromatic carbocycles. The van der Waals surface area contributed by atoms with Gasteiger partial charge in [-0.3, -0.25) is 0 Å². The van der Waals surface area contributed by atoms with Crippen LogP contribution in [-0.4, -0.2) is 30.7 Å². The zero-order chi connectivity index (χ0) is 13.7. The van der Waals surface area contributed by atoms with Gasteiger partial charge in [-0.25, -0.2) is 15.8 Å². The molecule has 2 aromatic heterocycles. The first-order valence-electron chi connectivity index (χ1n) is 5.85. The van der Waals surface area contributed by atoms with Crippen LogP contribution in [0.15, 0.2) is 23.8 Å². The number of nitrogens with two attached hydrogens (primary N) is 1. The van der Waals surface area contributed by atoms with Crippen molar-refractivity contribution in [2.75, 3.05) is 31.0 Å². The van der Waals surface area contributed by atoms with E-state index in [9.17, 15) is 0 Å². The van der Waals surface area contributed by atoms with Crippen molar-refractivity contribution in [1.29, 1.82) is 0 Å². The summed E-state index contributed by atoms with van der Waals surface area (Å²) in [5.41, 5.74) is 2.51. The molecule has 0 bridgehead atoms. The lowest BCUT2D eigenvalue weighted by atomic mass is 10.3. The molecule has 0 fully saturated rings. The van der Waals surface area contributed by atoms with Crippen LogP contribution < -0.4 is 20.9 Å². The van der Waals surface area contributed by atoms with Gasteiger partial charge in [0.1, 0.15) is 6.33 Å². The van der Waals surface area contributed by atoms with E-state index in [1.807, 2.05) is 11.9 Å². The standard InChI is InChI=1S/C12H17N5OS/c1-17(6-5-9-4-3-7-19-9)12-10(18-2)11(16-13)14-8-15-12/h3-4,7-8H,5-6,13H2,1-2H3,(H,14,15,16). The number of likely N-dealkylation sites (N-methyl/N-ethyl adjacent to an activating group) is 1. The van der Waals surface area contributed by atoms with E-state index in [2.05, 4.69) is 32.9 Å². The van der Waals surface area contributed by atoms with Gasteiger partial charge in [0.25, 0.3) is 0 Å². The minimum absolute atomic E-state index is 0.482. The maximum atomic E-state index is 5.41. The summed E-state index contributed by atoms with van der Waals surface area (Å²) in [7, 11) is 3.55. The van der Waals surface area contributed by atoms with Gasteiger partial charge in [0.15, 0.2) is 11.6 Å². The molecule has 3 N–H and O–H groups in total. The molecule has 19 heavy (non-hydrogen) atoms. The number of aromatic nitrogens is 2. The Labute approximate surface area is 116 Å². The second kappa shape index (κ2) is 6.35. The molecule has 102 valence electrons. The molecule has 0 atom stereocenters. The molecule has 7 heteroatoms. The molecule has 0 saturated carbocycles. The van der Waals surface area contributed by atoms with Gasteiger partial charge in [-0.15, -0.1) is 11.3 Å². The van der Waals surface area contributed by atoms with Crippen LogP contribution in [0.5, 0.6) is 5.75 Å². The van der Waals surface area contributed by atoms with Gasteiger partial charge in [0, 0.05) is 18.5 Å². The molecule has 0 spiro atoms. The summed E-state index contributed by atoms with van der Waals surface area (Å²) in [6.45, 7) is 0.845. The van der Waals surface area contributed by atoms with E-state index in [4.69, 9.17) is 10.6 Å². The van der Waals surface area contributed by atoms with Crippen LogP contribution in [0.25, 0.3) is 0 Å². The van der Waals surface area contributed by atoms with Gasteiger partial charge < -0.3 is 15.1 Å². The summed E-state index contributed by atoms with van der Waals surface area (Å²) >= 11 is 1.75. The lowest BCUT2D eigenvalue weighted by Gasteiger charge is -2.20. The topological polar surface area (TPSA) is 76.3 Å². The first-order chi connectivity index (χ1) is 9.26. The number of anilines is 2. The van der Waals surface area contributed by atoms with Crippen molar-refractivity contribution in [1.82, 2.24) is 9.97 Å². The third-order valence-corrected chi connectivity index (χ3v) is 3.70. The molecule has 6 nitrogen and oxygen atoms in total. The summed E-state index contributed by atoms with van der Waals surface area (Å²) in [6.07, 6.45) is 2.43. The number of nitrogens with zero attached hydrogens (tertiary/aromatic N) is 3. The molecular weight excluding hydrogens is 262 g/mol. The molecule has 0 aliphatic heterocycles. The van der Waals surface area contributed by atoms with E-state index in [0.717, 1.165) is 18.8 Å². The van der Waals surface area contributed by atoms with Crippen LogP contribution in [0.1, 0.15) is 4.88 Å². The maximum Gasteiger partial charge on any atom is 0.205 e. The van der Waals surface area contributed by atoms with Crippen molar-refractivity contribution in [3.05, 3.63) is 28.7 Å². The Balaban J connectivity index is 2.11. The first kappa shape index (κ1) is 13.6. The largest absolute Gasteiger partial charge is 0.490 e. The van der Waals surface area contributed by atoms with Crippen molar-refractivity contribution in [3.8, 4) is 5.75 Å². The van der Waals surface area contributed by atoms with Crippen molar-refractivity contribution in [2.45, 2.75) is 6.42 Å². The number of rotatable bonds is 6. The number of thiophene rings is 1. The number of hydrogen-bond acceptors (Lipinski definition) is 7. The van der Waals surface area contributed by atoms with Gasteiger partial charge >= 0.3 is 0 Å². The zero-order valence-corrected chi connectivity index (χ0v) is 11.8. The molecule has 0 saturated heterocycles. The third kappa shape index (κ3) is 3.12. The average molecular weight is 279 g/mol. The number of hydrazine groups is 1. The summed E-state index contributed by atoms with van der Waals surface area (Å²) in [5.74, 6) is 7.17. The van der Waals surface area contributed by atoms with Crippen LogP contribution in [0.2, 0.25) is 0 Å². The lowest BCUT2D eigenvalue weighted by molar-refractivity contribution is 0.413. The van der Waals surface area contributed by atoms with Gasteiger partial charge in [0.05, 0.1) is 7.11 Å². The van der Waals surface area contributed by atoms with Gasteiger partial charge in [0.2, 0.25) is 5.75 Å². The van der Waals surface area contributed by atoms with Crippen molar-refractivity contribution in [2.24, 2.45) is 5.84 Å². The van der Waals surface area contributed by atoms with E-state index in [1.54, 1.807) is 18.4 Å². The third-order valence-electron chi connectivity index (χ3n) is 2.76. The summed E-state index contributed by atoms with van der Waals surface area (Å²) in [5, 5.41) is 2.08. The maximum absolute atomic E-state index is 5.41.